The summed E-state index contributed by atoms with van der Waals surface area (Å²) in [6.07, 6.45) is 0. The van der Waals surface area contributed by atoms with Gasteiger partial charge in [0.1, 0.15) is 0 Å². The van der Waals surface area contributed by atoms with Crippen LogP contribution in [0.15, 0.2) is 0 Å². The van der Waals surface area contributed by atoms with E-state index in [4.69, 9.17) is 0 Å². The molecule has 11 heavy (non-hydrogen) atoms. The van der Waals surface area contributed by atoms with Crippen LogP contribution in [0, 0.1) is 0 Å². The van der Waals surface area contributed by atoms with E-state index in [2.05, 4.69) is 33.6 Å². The molecule has 0 aliphatic heterocycles. The van der Waals surface area contributed by atoms with Gasteiger partial charge in [-0.2, -0.15) is 0 Å². The van der Waals surface area contributed by atoms with Crippen molar-refractivity contribution in [2.75, 3.05) is 26.7 Å². The predicted molar refractivity (Wildman–Crippen MR) is 47.0 cm³/mol. The van der Waals surface area contributed by atoms with Crippen molar-refractivity contribution < 1.29 is 41.3 Å². The second-order valence-corrected chi connectivity index (χ2v) is 8.37. The maximum Gasteiger partial charge on any atom is 2.00 e. The van der Waals surface area contributed by atoms with Crippen LogP contribution in [0.3, 0.4) is 0 Å². The summed E-state index contributed by atoms with van der Waals surface area (Å²) in [5.41, 5.74) is 0. The maximum atomic E-state index is 2.37. The van der Waals surface area contributed by atoms with E-state index >= 15 is 0 Å². The minimum absolute atomic E-state index is 0. The summed E-state index contributed by atoms with van der Waals surface area (Å²) in [7, 11) is 0.655. The Morgan fingerprint density at radius 3 is 1.00 bits per heavy atom. The van der Waals surface area contributed by atoms with Crippen LogP contribution in [0.2, 0.25) is 0 Å². The molecular weight excluding hydrogens is 264 g/mol. The summed E-state index contributed by atoms with van der Waals surface area (Å²) in [6.45, 7) is 11.8. The van der Waals surface area contributed by atoms with E-state index < -0.39 is 0 Å². The monoisotopic (exact) mass is 278 g/mol. The van der Waals surface area contributed by atoms with Crippen LogP contribution < -0.4 is 24.8 Å². The minimum atomic E-state index is 0. The third-order valence-corrected chi connectivity index (χ3v) is 7.26. The molecule has 0 saturated heterocycles. The normalized spacial score (nSPS) is 8.73. The fraction of sp³-hybridized carbons (Fsp3) is 1.00. The van der Waals surface area contributed by atoms with E-state index in [1.54, 1.807) is 0 Å². The van der Waals surface area contributed by atoms with Crippen molar-refractivity contribution in [2.45, 2.75) is 12.3 Å². The second kappa shape index (κ2) is 11.9. The molecule has 0 atom stereocenters. The molecule has 0 unspecified atom stereocenters. The molecule has 0 saturated carbocycles. The summed E-state index contributed by atoms with van der Waals surface area (Å²) in [4.78, 5) is 0. The van der Waals surface area contributed by atoms with E-state index in [-0.39, 0.29) is 41.3 Å². The Bertz CT molecular complexity index is 63.6. The van der Waals surface area contributed by atoms with Crippen molar-refractivity contribution in [3.05, 3.63) is 0 Å². The average molecular weight is 280 g/mol. The van der Waals surface area contributed by atoms with Crippen LogP contribution in [0.25, 0.3) is 0 Å². The quantitative estimate of drug-likeness (QED) is 0.369. The van der Waals surface area contributed by atoms with Crippen molar-refractivity contribution in [1.29, 1.82) is 0 Å². The Morgan fingerprint density at radius 2 is 1.00 bits per heavy atom. The van der Waals surface area contributed by atoms with Crippen LogP contribution in [0.1, 0.15) is 6.92 Å². The second-order valence-electron chi connectivity index (χ2n) is 2.56. The maximum absolute atomic E-state index is 2.37. The van der Waals surface area contributed by atoms with Crippen molar-refractivity contribution >= 4 is 15.8 Å². The van der Waals surface area contributed by atoms with Gasteiger partial charge in [-0.25, -0.2) is 0 Å². The van der Waals surface area contributed by atoms with Gasteiger partial charge in [0.15, 0.2) is 0 Å². The molecular formula is C6H16Cl2NiP2. The van der Waals surface area contributed by atoms with E-state index in [9.17, 15) is 0 Å². The summed E-state index contributed by atoms with van der Waals surface area (Å²) >= 11 is 0. The van der Waals surface area contributed by atoms with Crippen LogP contribution in [-0.2, 0) is 16.5 Å². The summed E-state index contributed by atoms with van der Waals surface area (Å²) < 4.78 is 0. The Labute approximate surface area is 95.9 Å². The van der Waals surface area contributed by atoms with Crippen molar-refractivity contribution in [3.63, 3.8) is 0 Å². The summed E-state index contributed by atoms with van der Waals surface area (Å²) in [5, 5.41) is 1.000. The zero-order valence-corrected chi connectivity index (χ0v) is 11.8. The Morgan fingerprint density at radius 1 is 0.818 bits per heavy atom. The molecule has 0 radical (unpaired) electrons. The first-order valence-corrected chi connectivity index (χ1v) is 7.49. The SMILES string of the molecule is CC(P(C)C)P(C)C.[Cl-].[Cl-].[Ni+2]. The fourth-order valence-corrected chi connectivity index (χ4v) is 4.16. The van der Waals surface area contributed by atoms with Crippen molar-refractivity contribution in [3.8, 4) is 0 Å². The fourth-order valence-electron chi connectivity index (χ4n) is 0.462. The smallest absolute Gasteiger partial charge is 1.00 e. The van der Waals surface area contributed by atoms with Crippen LogP contribution in [0.5, 0.6) is 0 Å². The summed E-state index contributed by atoms with van der Waals surface area (Å²) in [5.74, 6) is 0. The van der Waals surface area contributed by atoms with E-state index in [0.717, 1.165) is 5.40 Å². The largest absolute Gasteiger partial charge is 2.00 e. The first-order valence-electron chi connectivity index (χ1n) is 2.88. The number of rotatable bonds is 2. The number of hydrogen-bond donors (Lipinski definition) is 0. The first-order chi connectivity index (χ1) is 3.55. The molecule has 0 N–H and O–H groups in total. The van der Waals surface area contributed by atoms with Gasteiger partial charge in [-0.3, -0.25) is 0 Å². The zero-order chi connectivity index (χ0) is 6.73. The number of hydrogen-bond acceptors (Lipinski definition) is 0. The van der Waals surface area contributed by atoms with Crippen molar-refractivity contribution in [1.82, 2.24) is 0 Å². The molecule has 0 aromatic rings. The van der Waals surface area contributed by atoms with Gasteiger partial charge in [-0.15, -0.1) is 15.8 Å². The molecule has 0 heterocycles. The van der Waals surface area contributed by atoms with Gasteiger partial charge in [-0.1, -0.05) is 6.92 Å². The number of halogens is 2. The third kappa shape index (κ3) is 11.9. The van der Waals surface area contributed by atoms with Crippen LogP contribution in [0.4, 0.5) is 0 Å². The minimum Gasteiger partial charge on any atom is -1.00 e. The molecule has 0 aliphatic rings. The standard InChI is InChI=1S/C6H16P2.2ClH.Ni/c1-6(7(2)3)8(4)5;;;/h6H,1-5H3;2*1H;/q;;;+2/p-2. The Kier molecular flexibility index (Phi) is 25.0. The Balaban J connectivity index is -0.0000000817. The first kappa shape index (κ1) is 23.1. The molecule has 5 heteroatoms. The van der Waals surface area contributed by atoms with Gasteiger partial charge in [-0.05, 0) is 32.1 Å². The average Bonchev–Trinajstić information content (AvgIpc) is 1.64. The van der Waals surface area contributed by atoms with Crippen LogP contribution >= 0.6 is 15.8 Å². The van der Waals surface area contributed by atoms with Gasteiger partial charge in [0.2, 0.25) is 0 Å². The molecule has 0 aromatic carbocycles. The molecule has 0 amide bonds. The van der Waals surface area contributed by atoms with Gasteiger partial charge < -0.3 is 24.8 Å². The topological polar surface area (TPSA) is 0 Å². The molecule has 74 valence electrons. The van der Waals surface area contributed by atoms with E-state index in [1.807, 2.05) is 0 Å². The molecule has 0 aliphatic carbocycles. The molecule has 0 nitrogen and oxygen atoms in total. The third-order valence-electron chi connectivity index (χ3n) is 1.49. The zero-order valence-electron chi connectivity index (χ0n) is 7.54. The molecule has 0 aromatic heterocycles. The van der Waals surface area contributed by atoms with Gasteiger partial charge in [0.05, 0.1) is 0 Å². The summed E-state index contributed by atoms with van der Waals surface area (Å²) in [6, 6.07) is 0. The van der Waals surface area contributed by atoms with Gasteiger partial charge >= 0.3 is 16.5 Å². The van der Waals surface area contributed by atoms with Gasteiger partial charge in [0, 0.05) is 0 Å². The Hall–Kier alpha value is 1.93. The van der Waals surface area contributed by atoms with Gasteiger partial charge in [0.25, 0.3) is 0 Å². The van der Waals surface area contributed by atoms with E-state index in [0.29, 0.717) is 15.8 Å². The van der Waals surface area contributed by atoms with Crippen molar-refractivity contribution in [2.24, 2.45) is 0 Å². The predicted octanol–water partition coefficient (Wildman–Crippen LogP) is -3.18. The van der Waals surface area contributed by atoms with Crippen LogP contribution in [-0.4, -0.2) is 32.1 Å². The van der Waals surface area contributed by atoms with E-state index in [1.165, 1.54) is 0 Å². The molecule has 0 rings (SSSR count). The molecule has 0 bridgehead atoms. The molecule has 0 fully saturated rings. The molecule has 0 spiro atoms.